The van der Waals surface area contributed by atoms with Crippen molar-refractivity contribution in [3.05, 3.63) is 70.5 Å². The van der Waals surface area contributed by atoms with E-state index >= 15 is 0 Å². The third kappa shape index (κ3) is 2.92. The first kappa shape index (κ1) is 14.4. The Morgan fingerprint density at radius 2 is 2.05 bits per heavy atom. The molecule has 0 aliphatic carbocycles. The van der Waals surface area contributed by atoms with Crippen LogP contribution in [0.15, 0.2) is 48.5 Å². The summed E-state index contributed by atoms with van der Waals surface area (Å²) in [6.07, 6.45) is 0. The number of amides is 1. The van der Waals surface area contributed by atoms with E-state index in [0.29, 0.717) is 11.6 Å². The Balaban J connectivity index is 1.91. The topological polar surface area (TPSA) is 20.3 Å². The summed E-state index contributed by atoms with van der Waals surface area (Å²) in [5.74, 6) is 0.0736. The van der Waals surface area contributed by atoms with Crippen LogP contribution in [-0.4, -0.2) is 23.1 Å². The first-order valence-electron chi connectivity index (χ1n) is 6.59. The molecule has 0 spiro atoms. The van der Waals surface area contributed by atoms with Crippen LogP contribution in [0.4, 0.5) is 4.39 Å². The smallest absolute Gasteiger partial charge is 0.258 e. The molecule has 1 saturated heterocycles. The van der Waals surface area contributed by atoms with E-state index in [1.165, 1.54) is 12.1 Å². The van der Waals surface area contributed by atoms with Crippen molar-refractivity contribution in [3.8, 4) is 0 Å². The van der Waals surface area contributed by atoms with Crippen molar-refractivity contribution < 1.29 is 9.18 Å². The number of halogens is 2. The molecule has 1 aliphatic rings. The SMILES string of the molecule is O=C(c1ccccc1F)N1CCS[C@H]1c1cccc(Cl)c1. The lowest BCUT2D eigenvalue weighted by Gasteiger charge is -2.24. The van der Waals surface area contributed by atoms with E-state index in [2.05, 4.69) is 0 Å². The maximum Gasteiger partial charge on any atom is 0.258 e. The van der Waals surface area contributed by atoms with Gasteiger partial charge < -0.3 is 4.90 Å². The predicted octanol–water partition coefficient (Wildman–Crippen LogP) is 4.37. The van der Waals surface area contributed by atoms with Gasteiger partial charge in [0.15, 0.2) is 0 Å². The van der Waals surface area contributed by atoms with E-state index < -0.39 is 5.82 Å². The molecule has 2 nitrogen and oxygen atoms in total. The van der Waals surface area contributed by atoms with Crippen molar-refractivity contribution in [2.45, 2.75) is 5.37 Å². The number of carbonyl (C=O) groups excluding carboxylic acids is 1. The van der Waals surface area contributed by atoms with Crippen molar-refractivity contribution >= 4 is 29.3 Å². The van der Waals surface area contributed by atoms with Crippen molar-refractivity contribution in [3.63, 3.8) is 0 Å². The van der Waals surface area contributed by atoms with Crippen LogP contribution in [0.2, 0.25) is 5.02 Å². The fourth-order valence-electron chi connectivity index (χ4n) is 2.40. The fourth-order valence-corrected chi connectivity index (χ4v) is 3.85. The Bertz CT molecular complexity index is 679. The molecule has 1 fully saturated rings. The van der Waals surface area contributed by atoms with Crippen LogP contribution in [0.5, 0.6) is 0 Å². The van der Waals surface area contributed by atoms with Crippen LogP contribution in [0, 0.1) is 5.82 Å². The quantitative estimate of drug-likeness (QED) is 0.818. The maximum absolute atomic E-state index is 13.8. The van der Waals surface area contributed by atoms with Crippen molar-refractivity contribution in [1.82, 2.24) is 4.90 Å². The van der Waals surface area contributed by atoms with Crippen LogP contribution >= 0.6 is 23.4 Å². The molecule has 2 aromatic rings. The van der Waals surface area contributed by atoms with Crippen LogP contribution in [0.25, 0.3) is 0 Å². The zero-order valence-corrected chi connectivity index (χ0v) is 12.7. The molecule has 2 aromatic carbocycles. The Hall–Kier alpha value is -1.52. The highest BCUT2D eigenvalue weighted by Gasteiger charge is 2.32. The van der Waals surface area contributed by atoms with Gasteiger partial charge in [0, 0.05) is 17.3 Å². The van der Waals surface area contributed by atoms with Gasteiger partial charge in [0.05, 0.1) is 5.56 Å². The van der Waals surface area contributed by atoms with Crippen LogP contribution < -0.4 is 0 Å². The number of carbonyl (C=O) groups is 1. The summed E-state index contributed by atoms with van der Waals surface area (Å²) < 4.78 is 13.8. The zero-order chi connectivity index (χ0) is 14.8. The van der Waals surface area contributed by atoms with Gasteiger partial charge in [-0.3, -0.25) is 4.79 Å². The molecule has 0 unspecified atom stereocenters. The fraction of sp³-hybridized carbons (Fsp3) is 0.188. The summed E-state index contributed by atoms with van der Waals surface area (Å²) in [6, 6.07) is 13.5. The average molecular weight is 322 g/mol. The molecule has 0 aromatic heterocycles. The van der Waals surface area contributed by atoms with E-state index in [1.54, 1.807) is 34.9 Å². The van der Waals surface area contributed by atoms with Crippen molar-refractivity contribution in [2.24, 2.45) is 0 Å². The second kappa shape index (κ2) is 6.08. The summed E-state index contributed by atoms with van der Waals surface area (Å²) in [7, 11) is 0. The number of thioether (sulfide) groups is 1. The van der Waals surface area contributed by atoms with Gasteiger partial charge in [-0.05, 0) is 29.8 Å². The second-order valence-corrected chi connectivity index (χ2v) is 6.38. The van der Waals surface area contributed by atoms with Gasteiger partial charge in [0.1, 0.15) is 11.2 Å². The van der Waals surface area contributed by atoms with Crippen LogP contribution in [0.1, 0.15) is 21.3 Å². The molecule has 1 atom stereocenters. The number of rotatable bonds is 2. The molecule has 3 rings (SSSR count). The van der Waals surface area contributed by atoms with E-state index in [0.717, 1.165) is 11.3 Å². The van der Waals surface area contributed by atoms with Gasteiger partial charge in [-0.1, -0.05) is 35.9 Å². The van der Waals surface area contributed by atoms with Crippen molar-refractivity contribution in [1.29, 1.82) is 0 Å². The highest BCUT2D eigenvalue weighted by Crippen LogP contribution is 2.39. The average Bonchev–Trinajstić information content (AvgIpc) is 2.96. The van der Waals surface area contributed by atoms with E-state index in [4.69, 9.17) is 11.6 Å². The third-order valence-electron chi connectivity index (χ3n) is 3.39. The minimum absolute atomic E-state index is 0.115. The first-order valence-corrected chi connectivity index (χ1v) is 8.02. The standard InChI is InChI=1S/C16H13ClFNOS/c17-12-5-3-4-11(10-12)16-19(8-9-21-16)15(20)13-6-1-2-7-14(13)18/h1-7,10,16H,8-9H2/t16-/m0/s1. The summed E-state index contributed by atoms with van der Waals surface area (Å²) in [5, 5.41) is 0.522. The molecule has 5 heteroatoms. The lowest BCUT2D eigenvalue weighted by molar-refractivity contribution is 0.0755. The molecular formula is C16H13ClFNOS. The molecule has 21 heavy (non-hydrogen) atoms. The minimum atomic E-state index is -0.482. The molecule has 0 N–H and O–H groups in total. The van der Waals surface area contributed by atoms with Gasteiger partial charge in [-0.25, -0.2) is 4.39 Å². The van der Waals surface area contributed by atoms with Gasteiger partial charge in [0.2, 0.25) is 0 Å². The Labute approximate surface area is 131 Å². The predicted molar refractivity (Wildman–Crippen MR) is 84.1 cm³/mol. The van der Waals surface area contributed by atoms with E-state index in [1.807, 2.05) is 18.2 Å². The molecule has 1 amide bonds. The molecule has 1 heterocycles. The summed E-state index contributed by atoms with van der Waals surface area (Å²) in [4.78, 5) is 14.3. The Morgan fingerprint density at radius 1 is 1.24 bits per heavy atom. The first-order chi connectivity index (χ1) is 10.2. The Kier molecular flexibility index (Phi) is 4.17. The number of benzene rings is 2. The molecule has 1 aliphatic heterocycles. The maximum atomic E-state index is 13.8. The largest absolute Gasteiger partial charge is 0.322 e. The normalized spacial score (nSPS) is 18.0. The van der Waals surface area contributed by atoms with E-state index in [9.17, 15) is 9.18 Å². The molecule has 0 saturated carbocycles. The lowest BCUT2D eigenvalue weighted by Crippen LogP contribution is -2.31. The molecule has 0 bridgehead atoms. The third-order valence-corrected chi connectivity index (χ3v) is 4.89. The number of nitrogens with zero attached hydrogens (tertiary/aromatic N) is 1. The van der Waals surface area contributed by atoms with Gasteiger partial charge in [-0.2, -0.15) is 0 Å². The van der Waals surface area contributed by atoms with E-state index in [-0.39, 0.29) is 16.8 Å². The van der Waals surface area contributed by atoms with Crippen LogP contribution in [0.3, 0.4) is 0 Å². The molecular weight excluding hydrogens is 309 g/mol. The second-order valence-electron chi connectivity index (χ2n) is 4.76. The van der Waals surface area contributed by atoms with Gasteiger partial charge in [-0.15, -0.1) is 11.8 Å². The zero-order valence-electron chi connectivity index (χ0n) is 11.1. The highest BCUT2D eigenvalue weighted by molar-refractivity contribution is 7.99. The van der Waals surface area contributed by atoms with Crippen LogP contribution in [-0.2, 0) is 0 Å². The highest BCUT2D eigenvalue weighted by atomic mass is 35.5. The summed E-state index contributed by atoms with van der Waals surface area (Å²) >= 11 is 7.69. The van der Waals surface area contributed by atoms with Gasteiger partial charge >= 0.3 is 0 Å². The molecule has 108 valence electrons. The number of hydrogen-bond acceptors (Lipinski definition) is 2. The van der Waals surface area contributed by atoms with Gasteiger partial charge in [0.25, 0.3) is 5.91 Å². The number of hydrogen-bond donors (Lipinski definition) is 0. The minimum Gasteiger partial charge on any atom is -0.322 e. The lowest BCUT2D eigenvalue weighted by atomic mass is 10.1. The summed E-state index contributed by atoms with van der Waals surface area (Å²) in [5.41, 5.74) is 1.08. The summed E-state index contributed by atoms with van der Waals surface area (Å²) in [6.45, 7) is 0.606. The Morgan fingerprint density at radius 3 is 2.81 bits per heavy atom. The monoisotopic (exact) mass is 321 g/mol. The van der Waals surface area contributed by atoms with Crippen molar-refractivity contribution in [2.75, 3.05) is 12.3 Å². The molecule has 0 radical (unpaired) electrons.